The fourth-order valence-corrected chi connectivity index (χ4v) is 1.37. The normalized spacial score (nSPS) is 14.1. The Hall–Kier alpha value is -0.0800. The van der Waals surface area contributed by atoms with Crippen LogP contribution < -0.4 is 0 Å². The Morgan fingerprint density at radius 1 is 1.14 bits per heavy atom. The molecule has 0 aliphatic rings. The van der Waals surface area contributed by atoms with Gasteiger partial charge >= 0.3 is 0 Å². The number of ether oxygens (including phenoxy) is 1. The standard InChI is InChI=1S/C10H22O2.C2H6/c1-4-6-10(5-2)7-8-12-9(3)11;1-2/h9-11H,4-8H2,1-3H3;1-2H3. The highest BCUT2D eigenvalue weighted by Crippen LogP contribution is 2.14. The van der Waals surface area contributed by atoms with Crippen molar-refractivity contribution in [2.24, 2.45) is 5.92 Å². The number of rotatable bonds is 7. The molecule has 1 N–H and O–H groups in total. The Balaban J connectivity index is 0. The van der Waals surface area contributed by atoms with Gasteiger partial charge in [-0.2, -0.15) is 0 Å². The lowest BCUT2D eigenvalue weighted by Crippen LogP contribution is -2.10. The fourth-order valence-electron chi connectivity index (χ4n) is 1.37. The number of hydrogen-bond donors (Lipinski definition) is 1. The average molecular weight is 204 g/mol. The lowest BCUT2D eigenvalue weighted by atomic mass is 9.98. The van der Waals surface area contributed by atoms with Gasteiger partial charge in [-0.25, -0.2) is 0 Å². The van der Waals surface area contributed by atoms with Crippen LogP contribution in [-0.4, -0.2) is 18.0 Å². The molecule has 0 saturated heterocycles. The minimum absolute atomic E-state index is 0.607. The molecular weight excluding hydrogens is 176 g/mol. The van der Waals surface area contributed by atoms with E-state index in [1.165, 1.54) is 19.3 Å². The first-order valence-electron chi connectivity index (χ1n) is 6.00. The van der Waals surface area contributed by atoms with Gasteiger partial charge in [0.25, 0.3) is 0 Å². The van der Waals surface area contributed by atoms with E-state index in [-0.39, 0.29) is 0 Å². The van der Waals surface area contributed by atoms with E-state index < -0.39 is 6.29 Å². The summed E-state index contributed by atoms with van der Waals surface area (Å²) in [5.74, 6) is 0.772. The first kappa shape index (κ1) is 16.4. The van der Waals surface area contributed by atoms with Gasteiger partial charge in [0.05, 0.1) is 0 Å². The average Bonchev–Trinajstić information content (AvgIpc) is 2.19. The predicted octanol–water partition coefficient (Wildman–Crippen LogP) is 3.58. The van der Waals surface area contributed by atoms with Crippen LogP contribution in [0.1, 0.15) is 60.3 Å². The molecule has 88 valence electrons. The molecule has 0 amide bonds. The molecule has 2 nitrogen and oxygen atoms in total. The molecule has 0 heterocycles. The molecule has 2 unspecified atom stereocenters. The second-order valence-electron chi connectivity index (χ2n) is 3.32. The zero-order chi connectivity index (χ0) is 11.4. The predicted molar refractivity (Wildman–Crippen MR) is 62.3 cm³/mol. The minimum Gasteiger partial charge on any atom is -0.368 e. The van der Waals surface area contributed by atoms with E-state index in [4.69, 9.17) is 9.84 Å². The van der Waals surface area contributed by atoms with E-state index in [2.05, 4.69) is 13.8 Å². The summed E-state index contributed by atoms with van der Waals surface area (Å²) in [6.07, 6.45) is 4.21. The smallest absolute Gasteiger partial charge is 0.151 e. The van der Waals surface area contributed by atoms with Crippen LogP contribution in [0.15, 0.2) is 0 Å². The van der Waals surface area contributed by atoms with Crippen LogP contribution in [0.5, 0.6) is 0 Å². The van der Waals surface area contributed by atoms with Gasteiger partial charge in [0, 0.05) is 6.61 Å². The van der Waals surface area contributed by atoms with E-state index in [0.717, 1.165) is 12.3 Å². The van der Waals surface area contributed by atoms with Crippen molar-refractivity contribution in [1.82, 2.24) is 0 Å². The largest absolute Gasteiger partial charge is 0.368 e. The molecule has 0 aliphatic carbocycles. The van der Waals surface area contributed by atoms with Crippen molar-refractivity contribution in [2.75, 3.05) is 6.61 Å². The molecule has 0 aliphatic heterocycles. The van der Waals surface area contributed by atoms with E-state index >= 15 is 0 Å². The van der Waals surface area contributed by atoms with Crippen LogP contribution in [0.2, 0.25) is 0 Å². The molecule has 0 rings (SSSR count). The van der Waals surface area contributed by atoms with E-state index in [0.29, 0.717) is 6.61 Å². The quantitative estimate of drug-likeness (QED) is 0.642. The van der Waals surface area contributed by atoms with Crippen molar-refractivity contribution >= 4 is 0 Å². The molecule has 0 aromatic heterocycles. The first-order chi connectivity index (χ1) is 6.70. The van der Waals surface area contributed by atoms with Crippen molar-refractivity contribution in [3.05, 3.63) is 0 Å². The Labute approximate surface area is 89.7 Å². The van der Waals surface area contributed by atoms with E-state index in [1.54, 1.807) is 6.92 Å². The maximum Gasteiger partial charge on any atom is 0.151 e. The van der Waals surface area contributed by atoms with Gasteiger partial charge in [0.15, 0.2) is 6.29 Å². The molecule has 0 radical (unpaired) electrons. The first-order valence-corrected chi connectivity index (χ1v) is 6.00. The third-order valence-corrected chi connectivity index (χ3v) is 2.16. The third kappa shape index (κ3) is 11.9. The van der Waals surface area contributed by atoms with Gasteiger partial charge in [0.2, 0.25) is 0 Å². The Bertz CT molecular complexity index is 92.3. The highest BCUT2D eigenvalue weighted by molar-refractivity contribution is 4.55. The highest BCUT2D eigenvalue weighted by atomic mass is 16.6. The lowest BCUT2D eigenvalue weighted by Gasteiger charge is -2.14. The molecular formula is C12H28O2. The van der Waals surface area contributed by atoms with Gasteiger partial charge in [-0.05, 0) is 19.3 Å². The van der Waals surface area contributed by atoms with Gasteiger partial charge in [-0.15, -0.1) is 0 Å². The van der Waals surface area contributed by atoms with Gasteiger partial charge in [-0.3, -0.25) is 0 Å². The molecule has 0 aromatic rings. The summed E-state index contributed by atoms with van der Waals surface area (Å²) < 4.78 is 5.08. The molecule has 0 spiro atoms. The third-order valence-electron chi connectivity index (χ3n) is 2.16. The highest BCUT2D eigenvalue weighted by Gasteiger charge is 2.05. The summed E-state index contributed by atoms with van der Waals surface area (Å²) in [6, 6.07) is 0. The van der Waals surface area contributed by atoms with Crippen LogP contribution in [0.25, 0.3) is 0 Å². The van der Waals surface area contributed by atoms with E-state index in [9.17, 15) is 0 Å². The second-order valence-corrected chi connectivity index (χ2v) is 3.32. The zero-order valence-electron chi connectivity index (χ0n) is 10.5. The maximum atomic E-state index is 8.85. The maximum absolute atomic E-state index is 8.85. The van der Waals surface area contributed by atoms with Crippen LogP contribution in [0.4, 0.5) is 0 Å². The molecule has 0 bridgehead atoms. The van der Waals surface area contributed by atoms with Crippen LogP contribution in [0, 0.1) is 5.92 Å². The SMILES string of the molecule is CC.CCCC(CC)CCOC(C)O. The Morgan fingerprint density at radius 2 is 1.71 bits per heavy atom. The topological polar surface area (TPSA) is 29.5 Å². The molecule has 0 fully saturated rings. The van der Waals surface area contributed by atoms with Crippen molar-refractivity contribution in [1.29, 1.82) is 0 Å². The molecule has 0 aromatic carbocycles. The summed E-state index contributed by atoms with van der Waals surface area (Å²) in [7, 11) is 0. The zero-order valence-corrected chi connectivity index (χ0v) is 10.5. The second kappa shape index (κ2) is 12.9. The molecule has 14 heavy (non-hydrogen) atoms. The van der Waals surface area contributed by atoms with Gasteiger partial charge < -0.3 is 9.84 Å². The van der Waals surface area contributed by atoms with Crippen molar-refractivity contribution in [2.45, 2.75) is 66.6 Å². The summed E-state index contributed by atoms with van der Waals surface area (Å²) in [5.41, 5.74) is 0. The van der Waals surface area contributed by atoms with Crippen LogP contribution >= 0.6 is 0 Å². The number of aliphatic hydroxyl groups excluding tert-OH is 1. The molecule has 2 heteroatoms. The summed E-state index contributed by atoms with van der Waals surface area (Å²) in [4.78, 5) is 0. The molecule has 0 saturated carbocycles. The fraction of sp³-hybridized carbons (Fsp3) is 1.00. The Morgan fingerprint density at radius 3 is 2.07 bits per heavy atom. The monoisotopic (exact) mass is 204 g/mol. The van der Waals surface area contributed by atoms with Gasteiger partial charge in [-0.1, -0.05) is 47.0 Å². The Kier molecular flexibility index (Phi) is 15.1. The number of hydrogen-bond acceptors (Lipinski definition) is 2. The number of aliphatic hydroxyl groups is 1. The lowest BCUT2D eigenvalue weighted by molar-refractivity contribution is -0.0885. The minimum atomic E-state index is -0.607. The van der Waals surface area contributed by atoms with Crippen LogP contribution in [-0.2, 0) is 4.74 Å². The summed E-state index contributed by atoms with van der Waals surface area (Å²) in [5, 5.41) is 8.85. The summed E-state index contributed by atoms with van der Waals surface area (Å²) in [6.45, 7) is 10.8. The molecule has 2 atom stereocenters. The van der Waals surface area contributed by atoms with Crippen molar-refractivity contribution in [3.63, 3.8) is 0 Å². The van der Waals surface area contributed by atoms with Crippen molar-refractivity contribution < 1.29 is 9.84 Å². The van der Waals surface area contributed by atoms with Crippen LogP contribution in [0.3, 0.4) is 0 Å². The van der Waals surface area contributed by atoms with E-state index in [1.807, 2.05) is 13.8 Å². The van der Waals surface area contributed by atoms with Crippen molar-refractivity contribution in [3.8, 4) is 0 Å². The van der Waals surface area contributed by atoms with Gasteiger partial charge in [0.1, 0.15) is 0 Å². The summed E-state index contributed by atoms with van der Waals surface area (Å²) >= 11 is 0.